The van der Waals surface area contributed by atoms with E-state index in [9.17, 15) is 0 Å². The molecule has 122 valence electrons. The standard InChI is InChI=1S/C20H21N3S/c1-2-5-15(6-3-1)17-7-4-8-18(13-17)16-9-11-19(12-10-16)24-20-14-21-23-22-20/h4,7-15H,1-3,5-6H2,(H,21,22,23). The van der Waals surface area contributed by atoms with E-state index in [0.717, 1.165) is 10.9 Å². The van der Waals surface area contributed by atoms with Gasteiger partial charge in [0.1, 0.15) is 5.03 Å². The van der Waals surface area contributed by atoms with Crippen molar-refractivity contribution in [3.05, 3.63) is 60.3 Å². The van der Waals surface area contributed by atoms with E-state index in [1.807, 2.05) is 0 Å². The highest BCUT2D eigenvalue weighted by Crippen LogP contribution is 2.35. The van der Waals surface area contributed by atoms with E-state index in [1.165, 1.54) is 53.7 Å². The van der Waals surface area contributed by atoms with Crippen LogP contribution in [0.25, 0.3) is 11.1 Å². The molecule has 1 aromatic heterocycles. The summed E-state index contributed by atoms with van der Waals surface area (Å²) in [6.45, 7) is 0. The van der Waals surface area contributed by atoms with Gasteiger partial charge in [-0.3, -0.25) is 0 Å². The zero-order valence-corrected chi connectivity index (χ0v) is 14.4. The molecule has 24 heavy (non-hydrogen) atoms. The minimum absolute atomic E-state index is 0.751. The quantitative estimate of drug-likeness (QED) is 0.668. The van der Waals surface area contributed by atoms with Gasteiger partial charge in [-0.25, -0.2) is 0 Å². The summed E-state index contributed by atoms with van der Waals surface area (Å²) in [5.41, 5.74) is 4.10. The number of rotatable bonds is 4. The Morgan fingerprint density at radius 3 is 2.50 bits per heavy atom. The lowest BCUT2D eigenvalue weighted by Crippen LogP contribution is -2.04. The molecule has 1 aliphatic rings. The summed E-state index contributed by atoms with van der Waals surface area (Å²) < 4.78 is 0. The Kier molecular flexibility index (Phi) is 4.65. The number of aromatic amines is 1. The predicted octanol–water partition coefficient (Wildman–Crippen LogP) is 5.67. The van der Waals surface area contributed by atoms with Crippen LogP contribution in [0.5, 0.6) is 0 Å². The lowest BCUT2D eigenvalue weighted by molar-refractivity contribution is 0.444. The van der Waals surface area contributed by atoms with Crippen LogP contribution < -0.4 is 0 Å². The second-order valence-corrected chi connectivity index (χ2v) is 7.49. The third-order valence-corrected chi connectivity index (χ3v) is 5.68. The van der Waals surface area contributed by atoms with Gasteiger partial charge in [0, 0.05) is 4.90 Å². The van der Waals surface area contributed by atoms with Gasteiger partial charge >= 0.3 is 0 Å². The van der Waals surface area contributed by atoms with Crippen LogP contribution in [0, 0.1) is 0 Å². The number of nitrogens with one attached hydrogen (secondary N) is 1. The Hall–Kier alpha value is -2.07. The maximum atomic E-state index is 4.08. The first-order valence-electron chi connectivity index (χ1n) is 8.62. The van der Waals surface area contributed by atoms with Crippen LogP contribution in [0.2, 0.25) is 0 Å². The molecule has 4 heteroatoms. The molecule has 0 saturated heterocycles. The molecule has 4 rings (SSSR count). The van der Waals surface area contributed by atoms with Crippen LogP contribution in [-0.2, 0) is 0 Å². The average Bonchev–Trinajstić information content (AvgIpc) is 3.16. The van der Waals surface area contributed by atoms with Gasteiger partial charge in [0.2, 0.25) is 0 Å². The summed E-state index contributed by atoms with van der Waals surface area (Å²) in [7, 11) is 0. The predicted molar refractivity (Wildman–Crippen MR) is 98.2 cm³/mol. The van der Waals surface area contributed by atoms with Crippen LogP contribution in [0.1, 0.15) is 43.6 Å². The largest absolute Gasteiger partial charge is 0.197 e. The molecule has 0 bridgehead atoms. The molecule has 1 heterocycles. The number of benzene rings is 2. The summed E-state index contributed by atoms with van der Waals surface area (Å²) in [4.78, 5) is 1.18. The minimum Gasteiger partial charge on any atom is -0.197 e. The normalized spacial score (nSPS) is 15.5. The van der Waals surface area contributed by atoms with Crippen LogP contribution in [0.15, 0.2) is 64.6 Å². The first-order chi connectivity index (χ1) is 11.9. The van der Waals surface area contributed by atoms with E-state index >= 15 is 0 Å². The van der Waals surface area contributed by atoms with E-state index in [0.29, 0.717) is 0 Å². The van der Waals surface area contributed by atoms with E-state index in [1.54, 1.807) is 18.0 Å². The molecule has 0 aliphatic heterocycles. The fourth-order valence-corrected chi connectivity index (χ4v) is 4.19. The van der Waals surface area contributed by atoms with Crippen LogP contribution in [0.4, 0.5) is 0 Å². The van der Waals surface area contributed by atoms with Crippen molar-refractivity contribution in [2.45, 2.75) is 47.9 Å². The van der Waals surface area contributed by atoms with Gasteiger partial charge in [-0.1, -0.05) is 67.4 Å². The Labute approximate surface area is 146 Å². The van der Waals surface area contributed by atoms with E-state index in [2.05, 4.69) is 63.9 Å². The molecule has 0 radical (unpaired) electrons. The van der Waals surface area contributed by atoms with Crippen molar-refractivity contribution in [2.75, 3.05) is 0 Å². The van der Waals surface area contributed by atoms with Crippen molar-refractivity contribution >= 4 is 11.8 Å². The fourth-order valence-electron chi connectivity index (χ4n) is 3.48. The van der Waals surface area contributed by atoms with Gasteiger partial charge in [-0.2, -0.15) is 10.3 Å². The third-order valence-electron chi connectivity index (χ3n) is 4.77. The summed E-state index contributed by atoms with van der Waals surface area (Å²) in [5.74, 6) is 0.751. The number of hydrogen-bond acceptors (Lipinski definition) is 3. The Balaban J connectivity index is 1.52. The van der Waals surface area contributed by atoms with Gasteiger partial charge in [0.15, 0.2) is 0 Å². The Morgan fingerprint density at radius 1 is 0.917 bits per heavy atom. The second-order valence-electron chi connectivity index (χ2n) is 6.40. The molecule has 1 N–H and O–H groups in total. The zero-order valence-electron chi connectivity index (χ0n) is 13.6. The van der Waals surface area contributed by atoms with Crippen molar-refractivity contribution < 1.29 is 0 Å². The van der Waals surface area contributed by atoms with Gasteiger partial charge in [-0.05, 0) is 47.6 Å². The van der Waals surface area contributed by atoms with Gasteiger partial charge in [0.25, 0.3) is 0 Å². The van der Waals surface area contributed by atoms with Crippen LogP contribution in [0.3, 0.4) is 0 Å². The maximum Gasteiger partial charge on any atom is 0.143 e. The van der Waals surface area contributed by atoms with Crippen LogP contribution >= 0.6 is 11.8 Å². The number of H-pyrrole nitrogens is 1. The molecule has 0 unspecified atom stereocenters. The fraction of sp³-hybridized carbons (Fsp3) is 0.300. The molecule has 2 aromatic carbocycles. The number of aromatic nitrogens is 3. The molecule has 0 spiro atoms. The van der Waals surface area contributed by atoms with Crippen molar-refractivity contribution in [1.82, 2.24) is 15.4 Å². The minimum atomic E-state index is 0.751. The lowest BCUT2D eigenvalue weighted by atomic mass is 9.83. The molecular weight excluding hydrogens is 314 g/mol. The molecule has 1 aliphatic carbocycles. The average molecular weight is 335 g/mol. The van der Waals surface area contributed by atoms with E-state index < -0.39 is 0 Å². The molecule has 0 atom stereocenters. The summed E-state index contributed by atoms with van der Waals surface area (Å²) >= 11 is 1.62. The van der Waals surface area contributed by atoms with Gasteiger partial charge in [0.05, 0.1) is 6.20 Å². The zero-order chi connectivity index (χ0) is 16.2. The maximum absolute atomic E-state index is 4.08. The van der Waals surface area contributed by atoms with E-state index in [-0.39, 0.29) is 0 Å². The van der Waals surface area contributed by atoms with Gasteiger partial charge < -0.3 is 0 Å². The smallest absolute Gasteiger partial charge is 0.143 e. The highest BCUT2D eigenvalue weighted by Gasteiger charge is 2.15. The summed E-state index contributed by atoms with van der Waals surface area (Å²) in [5, 5.41) is 11.5. The van der Waals surface area contributed by atoms with E-state index in [4.69, 9.17) is 0 Å². The summed E-state index contributed by atoms with van der Waals surface area (Å²) in [6, 6.07) is 17.8. The molecule has 3 nitrogen and oxygen atoms in total. The molecule has 1 fully saturated rings. The topological polar surface area (TPSA) is 41.6 Å². The van der Waals surface area contributed by atoms with Crippen molar-refractivity contribution in [1.29, 1.82) is 0 Å². The third kappa shape index (κ3) is 3.54. The first kappa shape index (κ1) is 15.5. The van der Waals surface area contributed by atoms with Crippen molar-refractivity contribution in [3.8, 4) is 11.1 Å². The molecule has 0 amide bonds. The van der Waals surface area contributed by atoms with Crippen molar-refractivity contribution in [2.24, 2.45) is 0 Å². The van der Waals surface area contributed by atoms with Gasteiger partial charge in [-0.15, -0.1) is 5.10 Å². The lowest BCUT2D eigenvalue weighted by Gasteiger charge is -2.22. The van der Waals surface area contributed by atoms with Crippen LogP contribution in [-0.4, -0.2) is 15.4 Å². The number of nitrogens with zero attached hydrogens (tertiary/aromatic N) is 2. The first-order valence-corrected chi connectivity index (χ1v) is 9.44. The van der Waals surface area contributed by atoms with Crippen molar-refractivity contribution in [3.63, 3.8) is 0 Å². The number of hydrogen-bond donors (Lipinski definition) is 1. The highest BCUT2D eigenvalue weighted by molar-refractivity contribution is 7.99. The molecular formula is C20H21N3S. The molecule has 1 saturated carbocycles. The Bertz CT molecular complexity index is 775. The second kappa shape index (κ2) is 7.22. The molecule has 3 aromatic rings. The highest BCUT2D eigenvalue weighted by atomic mass is 32.2. The summed E-state index contributed by atoms with van der Waals surface area (Å²) in [6.07, 6.45) is 8.59. The SMILES string of the molecule is c1cc(-c2ccc(Sc3cn[nH]n3)cc2)cc(C2CCCCC2)c1. The Morgan fingerprint density at radius 2 is 1.75 bits per heavy atom. The monoisotopic (exact) mass is 335 g/mol.